The summed E-state index contributed by atoms with van der Waals surface area (Å²) < 4.78 is 16.3. The fourth-order valence-corrected chi connectivity index (χ4v) is 4.20. The Labute approximate surface area is 200 Å². The number of halogens is 1. The summed E-state index contributed by atoms with van der Waals surface area (Å²) in [5.74, 6) is -0.631. The van der Waals surface area contributed by atoms with E-state index in [1.807, 2.05) is 0 Å². The minimum atomic E-state index is -0.965. The molecule has 2 aliphatic rings. The van der Waals surface area contributed by atoms with E-state index in [4.69, 9.17) is 25.8 Å². The van der Waals surface area contributed by atoms with Crippen LogP contribution >= 0.6 is 11.6 Å². The summed E-state index contributed by atoms with van der Waals surface area (Å²) in [6.07, 6.45) is 1.56. The average Bonchev–Trinajstić information content (AvgIpc) is 3.42. The smallest absolute Gasteiger partial charge is 0.300 e. The molecule has 1 saturated heterocycles. The number of rotatable bonds is 5. The minimum absolute atomic E-state index is 0.0694. The Hall–Kier alpha value is -4.04. The van der Waals surface area contributed by atoms with Crippen LogP contribution in [0.3, 0.4) is 0 Å². The third-order valence-electron chi connectivity index (χ3n) is 5.55. The van der Waals surface area contributed by atoms with Gasteiger partial charge in [-0.25, -0.2) is 0 Å². The van der Waals surface area contributed by atoms with Gasteiger partial charge in [-0.2, -0.15) is 0 Å². The van der Waals surface area contributed by atoms with E-state index in [1.165, 1.54) is 11.0 Å². The third kappa shape index (κ3) is 3.62. The standard InChI is InChI=1S/C25H19ClN2O6/c1-2-32-19-11-14(6-8-16(19)26)23(29)21-22(17-5-3-4-10-27-17)28(25(31)24(21)30)15-7-9-18-20(12-15)34-13-33-18/h3-12,22,29H,2,13H2,1H3/b23-21+. The third-order valence-corrected chi connectivity index (χ3v) is 5.86. The number of carbonyl (C=O) groups is 2. The number of aromatic nitrogens is 1. The summed E-state index contributed by atoms with van der Waals surface area (Å²) in [5, 5.41) is 11.6. The maximum Gasteiger partial charge on any atom is 0.300 e. The van der Waals surface area contributed by atoms with Gasteiger partial charge in [0, 0.05) is 23.5 Å². The number of carbonyl (C=O) groups excluding carboxylic acids is 2. The molecule has 2 aliphatic heterocycles. The number of pyridine rings is 1. The van der Waals surface area contributed by atoms with Crippen LogP contribution in [-0.2, 0) is 9.59 Å². The summed E-state index contributed by atoms with van der Waals surface area (Å²) in [7, 11) is 0. The number of hydrogen-bond donors (Lipinski definition) is 1. The van der Waals surface area contributed by atoms with Crippen molar-refractivity contribution in [2.24, 2.45) is 0 Å². The fourth-order valence-electron chi connectivity index (χ4n) is 4.02. The SMILES string of the molecule is CCOc1cc(/C(O)=C2\C(=O)C(=O)N(c3ccc4c(c3)OCO4)C2c2ccccn2)ccc1Cl. The normalized spacial score (nSPS) is 18.4. The highest BCUT2D eigenvalue weighted by molar-refractivity contribution is 6.51. The van der Waals surface area contributed by atoms with E-state index in [2.05, 4.69) is 4.98 Å². The van der Waals surface area contributed by atoms with Crippen LogP contribution in [-0.4, -0.2) is 35.2 Å². The molecular weight excluding hydrogens is 460 g/mol. The average molecular weight is 479 g/mol. The molecule has 5 rings (SSSR count). The Kier molecular flexibility index (Phi) is 5.59. The van der Waals surface area contributed by atoms with Crippen molar-refractivity contribution < 1.29 is 28.9 Å². The van der Waals surface area contributed by atoms with Gasteiger partial charge in [0.25, 0.3) is 11.7 Å². The second kappa shape index (κ2) is 8.72. The summed E-state index contributed by atoms with van der Waals surface area (Å²) in [4.78, 5) is 32.2. The molecule has 1 fully saturated rings. The summed E-state index contributed by atoms with van der Waals surface area (Å²) in [5.41, 5.74) is 1.02. The molecule has 0 spiro atoms. The highest BCUT2D eigenvalue weighted by atomic mass is 35.5. The molecule has 1 N–H and O–H groups in total. The van der Waals surface area contributed by atoms with Crippen molar-refractivity contribution in [1.82, 2.24) is 4.98 Å². The number of ether oxygens (including phenoxy) is 3. The van der Waals surface area contributed by atoms with Crippen LogP contribution in [0, 0.1) is 0 Å². The molecule has 0 aliphatic carbocycles. The molecule has 172 valence electrons. The Bertz CT molecular complexity index is 1320. The largest absolute Gasteiger partial charge is 0.507 e. The van der Waals surface area contributed by atoms with E-state index in [1.54, 1.807) is 61.7 Å². The second-order valence-electron chi connectivity index (χ2n) is 7.54. The van der Waals surface area contributed by atoms with Crippen LogP contribution < -0.4 is 19.1 Å². The zero-order chi connectivity index (χ0) is 23.8. The Morgan fingerprint density at radius 2 is 1.97 bits per heavy atom. The molecule has 3 heterocycles. The minimum Gasteiger partial charge on any atom is -0.507 e. The Balaban J connectivity index is 1.68. The van der Waals surface area contributed by atoms with Crippen LogP contribution in [0.1, 0.15) is 24.2 Å². The van der Waals surface area contributed by atoms with Crippen molar-refractivity contribution in [2.45, 2.75) is 13.0 Å². The van der Waals surface area contributed by atoms with Gasteiger partial charge in [0.15, 0.2) is 11.5 Å². The first-order valence-corrected chi connectivity index (χ1v) is 10.9. The van der Waals surface area contributed by atoms with E-state index < -0.39 is 17.7 Å². The van der Waals surface area contributed by atoms with Gasteiger partial charge in [0.2, 0.25) is 6.79 Å². The van der Waals surface area contributed by atoms with Gasteiger partial charge in [0.05, 0.1) is 22.9 Å². The lowest BCUT2D eigenvalue weighted by atomic mass is 9.98. The molecule has 1 atom stereocenters. The number of nitrogens with zero attached hydrogens (tertiary/aromatic N) is 2. The van der Waals surface area contributed by atoms with Gasteiger partial charge in [-0.15, -0.1) is 0 Å². The topological polar surface area (TPSA) is 98.2 Å². The van der Waals surface area contributed by atoms with Crippen LogP contribution in [0.15, 0.2) is 66.4 Å². The molecule has 34 heavy (non-hydrogen) atoms. The molecule has 1 aromatic heterocycles. The molecule has 2 aromatic carbocycles. The van der Waals surface area contributed by atoms with Crippen LogP contribution in [0.2, 0.25) is 5.02 Å². The van der Waals surface area contributed by atoms with Gasteiger partial charge < -0.3 is 19.3 Å². The van der Waals surface area contributed by atoms with E-state index in [-0.39, 0.29) is 23.7 Å². The maximum absolute atomic E-state index is 13.2. The molecule has 0 radical (unpaired) electrons. The van der Waals surface area contributed by atoms with Gasteiger partial charge in [-0.1, -0.05) is 17.7 Å². The predicted octanol–water partition coefficient (Wildman–Crippen LogP) is 4.49. The Morgan fingerprint density at radius 1 is 1.15 bits per heavy atom. The lowest BCUT2D eigenvalue weighted by Crippen LogP contribution is -2.29. The van der Waals surface area contributed by atoms with E-state index in [9.17, 15) is 14.7 Å². The van der Waals surface area contributed by atoms with Crippen LogP contribution in [0.25, 0.3) is 5.76 Å². The first kappa shape index (κ1) is 21.8. The summed E-state index contributed by atoms with van der Waals surface area (Å²) in [6, 6.07) is 13.8. The lowest BCUT2D eigenvalue weighted by molar-refractivity contribution is -0.132. The molecule has 3 aromatic rings. The Morgan fingerprint density at radius 3 is 2.74 bits per heavy atom. The number of ketones is 1. The van der Waals surface area contributed by atoms with Gasteiger partial charge in [-0.05, 0) is 49.4 Å². The first-order chi connectivity index (χ1) is 16.5. The van der Waals surface area contributed by atoms with Crippen molar-refractivity contribution in [1.29, 1.82) is 0 Å². The van der Waals surface area contributed by atoms with Crippen LogP contribution in [0.5, 0.6) is 17.2 Å². The molecule has 8 nitrogen and oxygen atoms in total. The highest BCUT2D eigenvalue weighted by Gasteiger charge is 2.48. The molecule has 1 unspecified atom stereocenters. The van der Waals surface area contributed by atoms with Gasteiger partial charge in [0.1, 0.15) is 17.6 Å². The number of Topliss-reactive ketones (excluding diaryl/α,β-unsaturated/α-hetero) is 1. The summed E-state index contributed by atoms with van der Waals surface area (Å²) >= 11 is 6.18. The van der Waals surface area contributed by atoms with Crippen molar-refractivity contribution in [3.63, 3.8) is 0 Å². The number of hydrogen-bond acceptors (Lipinski definition) is 7. The number of aliphatic hydroxyl groups is 1. The lowest BCUT2D eigenvalue weighted by Gasteiger charge is -2.24. The van der Waals surface area contributed by atoms with Gasteiger partial charge in [-0.3, -0.25) is 19.5 Å². The quantitative estimate of drug-likeness (QED) is 0.328. The predicted molar refractivity (Wildman–Crippen MR) is 124 cm³/mol. The van der Waals surface area contributed by atoms with E-state index in [0.717, 1.165) is 0 Å². The molecule has 9 heteroatoms. The van der Waals surface area contributed by atoms with Crippen molar-refractivity contribution >= 4 is 34.7 Å². The summed E-state index contributed by atoms with van der Waals surface area (Å²) in [6.45, 7) is 2.24. The maximum atomic E-state index is 13.2. The van der Waals surface area contributed by atoms with Gasteiger partial charge >= 0.3 is 0 Å². The fraction of sp³-hybridized carbons (Fsp3) is 0.160. The molecule has 0 saturated carbocycles. The molecule has 1 amide bonds. The van der Waals surface area contributed by atoms with Crippen molar-refractivity contribution in [2.75, 3.05) is 18.3 Å². The molecule has 0 bridgehead atoms. The number of benzene rings is 2. The van der Waals surface area contributed by atoms with E-state index in [0.29, 0.717) is 40.3 Å². The number of fused-ring (bicyclic) bond motifs is 1. The highest BCUT2D eigenvalue weighted by Crippen LogP contribution is 2.44. The van der Waals surface area contributed by atoms with Crippen molar-refractivity contribution in [3.8, 4) is 17.2 Å². The first-order valence-electron chi connectivity index (χ1n) is 10.5. The number of anilines is 1. The zero-order valence-corrected chi connectivity index (χ0v) is 18.8. The van der Waals surface area contributed by atoms with E-state index >= 15 is 0 Å². The number of aliphatic hydroxyl groups excluding tert-OH is 1. The van der Waals surface area contributed by atoms with Crippen LogP contribution in [0.4, 0.5) is 5.69 Å². The monoisotopic (exact) mass is 478 g/mol. The zero-order valence-electron chi connectivity index (χ0n) is 18.0. The second-order valence-corrected chi connectivity index (χ2v) is 7.95. The number of amides is 1. The van der Waals surface area contributed by atoms with Crippen molar-refractivity contribution in [3.05, 3.63) is 82.6 Å². The molecular formula is C25H19ClN2O6.